The molecule has 1 aromatic rings. The first-order valence-electron chi connectivity index (χ1n) is 7.51. The molecule has 0 atom stereocenters. The Morgan fingerprint density at radius 1 is 1.19 bits per heavy atom. The third-order valence-electron chi connectivity index (χ3n) is 4.50. The first-order chi connectivity index (χ1) is 9.97. The molecule has 4 nitrogen and oxygen atoms in total. The minimum atomic E-state index is -0.971. The molecule has 1 aromatic carbocycles. The van der Waals surface area contributed by atoms with Crippen LogP contribution in [0.25, 0.3) is 0 Å². The van der Waals surface area contributed by atoms with Crippen LogP contribution in [0.1, 0.15) is 43.2 Å². The average Bonchev–Trinajstić information content (AvgIpc) is 2.47. The number of nitrogens with zero attached hydrogens (tertiary/aromatic N) is 1. The van der Waals surface area contributed by atoms with Crippen LogP contribution >= 0.6 is 0 Å². The van der Waals surface area contributed by atoms with E-state index in [1.54, 1.807) is 7.05 Å². The van der Waals surface area contributed by atoms with Crippen LogP contribution in [0.2, 0.25) is 0 Å². The lowest BCUT2D eigenvalue weighted by atomic mass is 9.67. The number of carboxylic acids is 1. The van der Waals surface area contributed by atoms with Crippen LogP contribution in [0.5, 0.6) is 0 Å². The Hall–Kier alpha value is -1.84. The normalized spacial score (nSPS) is 17.2. The third-order valence-corrected chi connectivity index (χ3v) is 4.50. The van der Waals surface area contributed by atoms with Gasteiger partial charge in [0, 0.05) is 7.05 Å². The second kappa shape index (κ2) is 6.29. The zero-order valence-corrected chi connectivity index (χ0v) is 12.8. The summed E-state index contributed by atoms with van der Waals surface area (Å²) in [6.45, 7) is 1.78. The van der Waals surface area contributed by atoms with Gasteiger partial charge in [0.15, 0.2) is 0 Å². The molecule has 1 N–H and O–H groups in total. The number of hydrogen-bond acceptors (Lipinski definition) is 2. The van der Waals surface area contributed by atoms with E-state index in [4.69, 9.17) is 5.11 Å². The molecule has 1 saturated carbocycles. The number of carbonyl (C=O) groups excluding carboxylic acids is 1. The lowest BCUT2D eigenvalue weighted by Crippen LogP contribution is -2.48. The van der Waals surface area contributed by atoms with E-state index in [9.17, 15) is 9.59 Å². The molecule has 1 aliphatic carbocycles. The molecule has 0 saturated heterocycles. The van der Waals surface area contributed by atoms with E-state index < -0.39 is 11.4 Å². The number of aliphatic carboxylic acids is 1. The van der Waals surface area contributed by atoms with Gasteiger partial charge in [0.2, 0.25) is 5.91 Å². The fourth-order valence-corrected chi connectivity index (χ4v) is 3.50. The van der Waals surface area contributed by atoms with E-state index in [0.29, 0.717) is 0 Å². The van der Waals surface area contributed by atoms with Crippen molar-refractivity contribution in [3.05, 3.63) is 35.4 Å². The van der Waals surface area contributed by atoms with Crippen molar-refractivity contribution < 1.29 is 14.7 Å². The minimum Gasteiger partial charge on any atom is -0.480 e. The average molecular weight is 289 g/mol. The number of benzene rings is 1. The number of rotatable bonds is 4. The highest BCUT2D eigenvalue weighted by Crippen LogP contribution is 2.42. The van der Waals surface area contributed by atoms with Gasteiger partial charge in [-0.25, -0.2) is 0 Å². The van der Waals surface area contributed by atoms with Gasteiger partial charge in [-0.05, 0) is 30.9 Å². The first-order valence-corrected chi connectivity index (χ1v) is 7.51. The molecular weight excluding hydrogens is 266 g/mol. The predicted octanol–water partition coefficient (Wildman–Crippen LogP) is 2.74. The predicted molar refractivity (Wildman–Crippen MR) is 81.2 cm³/mol. The van der Waals surface area contributed by atoms with Crippen LogP contribution < -0.4 is 0 Å². The summed E-state index contributed by atoms with van der Waals surface area (Å²) in [6, 6.07) is 7.98. The lowest BCUT2D eigenvalue weighted by Gasteiger charge is -2.39. The van der Waals surface area contributed by atoms with Gasteiger partial charge in [-0.15, -0.1) is 0 Å². The number of likely N-dealkylation sites (N-methyl/N-ethyl adjacent to an activating group) is 1. The molecule has 0 unspecified atom stereocenters. The molecule has 4 heteroatoms. The van der Waals surface area contributed by atoms with Gasteiger partial charge < -0.3 is 10.0 Å². The molecule has 0 radical (unpaired) electrons. The highest BCUT2D eigenvalue weighted by atomic mass is 16.4. The van der Waals surface area contributed by atoms with Crippen LogP contribution in [0.3, 0.4) is 0 Å². The smallest absolute Gasteiger partial charge is 0.323 e. The largest absolute Gasteiger partial charge is 0.480 e. The van der Waals surface area contributed by atoms with E-state index in [-0.39, 0.29) is 12.5 Å². The Labute approximate surface area is 125 Å². The van der Waals surface area contributed by atoms with Gasteiger partial charge >= 0.3 is 5.97 Å². The number of amides is 1. The molecule has 0 aliphatic heterocycles. The second-order valence-corrected chi connectivity index (χ2v) is 6.01. The van der Waals surface area contributed by atoms with E-state index in [1.807, 2.05) is 31.2 Å². The van der Waals surface area contributed by atoms with Crippen molar-refractivity contribution in [1.29, 1.82) is 0 Å². The van der Waals surface area contributed by atoms with Crippen LogP contribution in [0.15, 0.2) is 24.3 Å². The first kappa shape index (κ1) is 15.5. The summed E-state index contributed by atoms with van der Waals surface area (Å²) in [5.41, 5.74) is 1.62. The summed E-state index contributed by atoms with van der Waals surface area (Å²) < 4.78 is 0. The van der Waals surface area contributed by atoms with Crippen LogP contribution in [-0.4, -0.2) is 35.5 Å². The number of aryl methyl sites for hydroxylation is 1. The van der Waals surface area contributed by atoms with Gasteiger partial charge in [-0.2, -0.15) is 0 Å². The molecule has 21 heavy (non-hydrogen) atoms. The molecule has 2 rings (SSSR count). The van der Waals surface area contributed by atoms with Gasteiger partial charge in [-0.3, -0.25) is 9.59 Å². The van der Waals surface area contributed by atoms with Crippen LogP contribution in [0, 0.1) is 6.92 Å². The maximum Gasteiger partial charge on any atom is 0.323 e. The Bertz CT molecular complexity index is 533. The molecule has 0 bridgehead atoms. The van der Waals surface area contributed by atoms with E-state index in [2.05, 4.69) is 0 Å². The Morgan fingerprint density at radius 3 is 2.38 bits per heavy atom. The van der Waals surface area contributed by atoms with E-state index >= 15 is 0 Å². The number of carboxylic acid groups (broad SMARTS) is 1. The van der Waals surface area contributed by atoms with Crippen LogP contribution in [-0.2, 0) is 15.0 Å². The summed E-state index contributed by atoms with van der Waals surface area (Å²) in [5.74, 6) is -1.03. The van der Waals surface area contributed by atoms with Crippen LogP contribution in [0.4, 0.5) is 0 Å². The molecule has 1 amide bonds. The van der Waals surface area contributed by atoms with Crippen molar-refractivity contribution in [3.63, 3.8) is 0 Å². The highest BCUT2D eigenvalue weighted by molar-refractivity contribution is 5.90. The molecule has 0 heterocycles. The van der Waals surface area contributed by atoms with Gasteiger partial charge in [-0.1, -0.05) is 43.5 Å². The molecule has 0 spiro atoms. The van der Waals surface area contributed by atoms with E-state index in [0.717, 1.165) is 43.2 Å². The molecular formula is C17H23NO3. The Morgan fingerprint density at radius 2 is 1.81 bits per heavy atom. The zero-order valence-electron chi connectivity index (χ0n) is 12.8. The molecule has 1 aliphatic rings. The van der Waals surface area contributed by atoms with Crippen molar-refractivity contribution >= 4 is 11.9 Å². The SMILES string of the molecule is Cc1ccccc1C1(C(=O)N(C)CC(=O)O)CCCCC1. The quantitative estimate of drug-likeness (QED) is 0.927. The fraction of sp³-hybridized carbons (Fsp3) is 0.529. The Kier molecular flexibility index (Phi) is 4.66. The number of carbonyl (C=O) groups is 2. The van der Waals surface area contributed by atoms with Gasteiger partial charge in [0.25, 0.3) is 0 Å². The summed E-state index contributed by atoms with van der Waals surface area (Å²) >= 11 is 0. The molecule has 114 valence electrons. The van der Waals surface area contributed by atoms with E-state index in [1.165, 1.54) is 4.90 Å². The van der Waals surface area contributed by atoms with Gasteiger partial charge in [0.05, 0.1) is 5.41 Å². The summed E-state index contributed by atoms with van der Waals surface area (Å²) in [7, 11) is 1.59. The highest BCUT2D eigenvalue weighted by Gasteiger charge is 2.43. The summed E-state index contributed by atoms with van der Waals surface area (Å²) in [5, 5.41) is 8.95. The monoisotopic (exact) mass is 289 g/mol. The lowest BCUT2D eigenvalue weighted by molar-refractivity contribution is -0.146. The second-order valence-electron chi connectivity index (χ2n) is 6.01. The third kappa shape index (κ3) is 3.09. The Balaban J connectivity index is 2.40. The topological polar surface area (TPSA) is 57.6 Å². The molecule has 1 fully saturated rings. The van der Waals surface area contributed by atoms with Crippen molar-refractivity contribution in [2.75, 3.05) is 13.6 Å². The van der Waals surface area contributed by atoms with Crippen molar-refractivity contribution in [3.8, 4) is 0 Å². The van der Waals surface area contributed by atoms with Crippen molar-refractivity contribution in [2.45, 2.75) is 44.4 Å². The fourth-order valence-electron chi connectivity index (χ4n) is 3.50. The molecule has 0 aromatic heterocycles. The summed E-state index contributed by atoms with van der Waals surface area (Å²) in [6.07, 6.45) is 4.78. The number of hydrogen-bond donors (Lipinski definition) is 1. The minimum absolute atomic E-state index is 0.0566. The summed E-state index contributed by atoms with van der Waals surface area (Å²) in [4.78, 5) is 25.2. The zero-order chi connectivity index (χ0) is 15.5. The maximum absolute atomic E-state index is 13.0. The maximum atomic E-state index is 13.0. The standard InChI is InChI=1S/C17H23NO3/c1-13-8-4-5-9-14(13)17(10-6-3-7-11-17)16(21)18(2)12-15(19)20/h4-5,8-9H,3,6-7,10-12H2,1-2H3,(H,19,20). The van der Waals surface area contributed by atoms with Crippen molar-refractivity contribution in [1.82, 2.24) is 4.90 Å². The van der Waals surface area contributed by atoms with Crippen molar-refractivity contribution in [2.24, 2.45) is 0 Å². The van der Waals surface area contributed by atoms with Gasteiger partial charge in [0.1, 0.15) is 6.54 Å².